The zero-order chi connectivity index (χ0) is 18.6. The molecule has 1 unspecified atom stereocenters. The van der Waals surface area contributed by atoms with E-state index in [0.717, 1.165) is 6.26 Å². The molecule has 0 aromatic heterocycles. The van der Waals surface area contributed by atoms with Gasteiger partial charge in [-0.05, 0) is 29.8 Å². The highest BCUT2D eigenvalue weighted by Gasteiger charge is 2.19. The normalized spacial score (nSPS) is 13.0. The lowest BCUT2D eigenvalue weighted by Crippen LogP contribution is -2.15. The van der Waals surface area contributed by atoms with Gasteiger partial charge in [-0.15, -0.1) is 0 Å². The van der Waals surface area contributed by atoms with Crippen LogP contribution in [-0.4, -0.2) is 21.3 Å². The Hall–Kier alpha value is -0.530. The van der Waals surface area contributed by atoms with Gasteiger partial charge in [0.1, 0.15) is 6.10 Å². The second-order valence-corrected chi connectivity index (χ2v) is 8.52. The van der Waals surface area contributed by atoms with Crippen LogP contribution in [0.5, 0.6) is 0 Å². The Labute approximate surface area is 166 Å². The van der Waals surface area contributed by atoms with Crippen LogP contribution in [0.3, 0.4) is 0 Å². The molecule has 0 saturated heterocycles. The Morgan fingerprint density at radius 2 is 1.56 bits per heavy atom. The van der Waals surface area contributed by atoms with E-state index in [0.29, 0.717) is 31.2 Å². The van der Waals surface area contributed by atoms with E-state index in [1.165, 1.54) is 0 Å². The van der Waals surface area contributed by atoms with Crippen LogP contribution in [0.2, 0.25) is 20.1 Å². The van der Waals surface area contributed by atoms with Crippen LogP contribution in [0, 0.1) is 0 Å². The molecule has 25 heavy (non-hydrogen) atoms. The molecule has 136 valence electrons. The maximum atomic E-state index is 11.3. The van der Waals surface area contributed by atoms with Crippen molar-refractivity contribution in [3.8, 4) is 0 Å². The molecule has 0 spiro atoms. The highest BCUT2D eigenvalue weighted by molar-refractivity contribution is 7.85. The summed E-state index contributed by atoms with van der Waals surface area (Å²) in [5, 5.41) is 1.75. The van der Waals surface area contributed by atoms with Gasteiger partial charge in [-0.25, -0.2) is 0 Å². The van der Waals surface area contributed by atoms with E-state index in [2.05, 4.69) is 0 Å². The fraction of sp³-hybridized carbons (Fsp3) is 0.250. The molecule has 0 heterocycles. The molecule has 4 nitrogen and oxygen atoms in total. The van der Waals surface area contributed by atoms with Gasteiger partial charge in [0.05, 0.1) is 19.5 Å². The Morgan fingerprint density at radius 3 is 2.12 bits per heavy atom. The van der Waals surface area contributed by atoms with Crippen LogP contribution in [-0.2, 0) is 25.6 Å². The lowest BCUT2D eigenvalue weighted by atomic mass is 10.1. The highest BCUT2D eigenvalue weighted by atomic mass is 35.5. The van der Waals surface area contributed by atoms with E-state index >= 15 is 0 Å². The third kappa shape index (κ3) is 6.61. The van der Waals surface area contributed by atoms with Gasteiger partial charge in [-0.3, -0.25) is 4.18 Å². The SMILES string of the molecule is CS(=O)(=O)OCC(OCc1ccc(Cl)cc1Cl)c1ccc(Cl)cc1Cl. The molecule has 0 aliphatic rings. The van der Waals surface area contributed by atoms with Crippen molar-refractivity contribution in [3.05, 3.63) is 67.6 Å². The van der Waals surface area contributed by atoms with Gasteiger partial charge >= 0.3 is 0 Å². The molecule has 0 saturated carbocycles. The Bertz CT molecular complexity index is 855. The van der Waals surface area contributed by atoms with Crippen molar-refractivity contribution in [1.29, 1.82) is 0 Å². The molecular formula is C16H14Cl4O4S. The van der Waals surface area contributed by atoms with Gasteiger partial charge in [-0.1, -0.05) is 58.5 Å². The molecule has 2 rings (SSSR count). The zero-order valence-corrected chi connectivity index (χ0v) is 16.8. The average Bonchev–Trinajstić information content (AvgIpc) is 2.49. The smallest absolute Gasteiger partial charge is 0.264 e. The average molecular weight is 444 g/mol. The first kappa shape index (κ1) is 20.8. The van der Waals surface area contributed by atoms with Crippen molar-refractivity contribution in [2.24, 2.45) is 0 Å². The Kier molecular flexibility index (Phi) is 7.40. The molecule has 0 aliphatic carbocycles. The quantitative estimate of drug-likeness (QED) is 0.527. The summed E-state index contributed by atoms with van der Waals surface area (Å²) in [7, 11) is -3.64. The first-order chi connectivity index (χ1) is 11.7. The van der Waals surface area contributed by atoms with Crippen molar-refractivity contribution >= 4 is 56.5 Å². The summed E-state index contributed by atoms with van der Waals surface area (Å²) in [5.74, 6) is 0. The lowest BCUT2D eigenvalue weighted by molar-refractivity contribution is 0.00987. The lowest BCUT2D eigenvalue weighted by Gasteiger charge is -2.19. The van der Waals surface area contributed by atoms with Crippen LogP contribution in [0.1, 0.15) is 17.2 Å². The van der Waals surface area contributed by atoms with Crippen LogP contribution in [0.15, 0.2) is 36.4 Å². The molecule has 1 atom stereocenters. The first-order valence-corrected chi connectivity index (χ1v) is 10.3. The van der Waals surface area contributed by atoms with Gasteiger partial charge < -0.3 is 4.74 Å². The number of benzene rings is 2. The maximum Gasteiger partial charge on any atom is 0.264 e. The zero-order valence-electron chi connectivity index (χ0n) is 13.0. The Balaban J connectivity index is 2.21. The van der Waals surface area contributed by atoms with Crippen molar-refractivity contribution in [3.63, 3.8) is 0 Å². The summed E-state index contributed by atoms with van der Waals surface area (Å²) in [4.78, 5) is 0. The van der Waals surface area contributed by atoms with Crippen LogP contribution in [0.25, 0.3) is 0 Å². The predicted molar refractivity (Wildman–Crippen MR) is 101 cm³/mol. The summed E-state index contributed by atoms with van der Waals surface area (Å²) in [6.07, 6.45) is 0.232. The topological polar surface area (TPSA) is 52.6 Å². The highest BCUT2D eigenvalue weighted by Crippen LogP contribution is 2.31. The van der Waals surface area contributed by atoms with Gasteiger partial charge in [0.2, 0.25) is 0 Å². The molecule has 2 aromatic rings. The second-order valence-electron chi connectivity index (χ2n) is 5.19. The van der Waals surface area contributed by atoms with Gasteiger partial charge in [0.25, 0.3) is 10.1 Å². The van der Waals surface area contributed by atoms with Crippen LogP contribution < -0.4 is 0 Å². The van der Waals surface area contributed by atoms with E-state index in [-0.39, 0.29) is 13.2 Å². The van der Waals surface area contributed by atoms with Crippen molar-refractivity contribution in [1.82, 2.24) is 0 Å². The number of halogens is 4. The fourth-order valence-electron chi connectivity index (χ4n) is 2.00. The molecular weight excluding hydrogens is 430 g/mol. The third-order valence-corrected chi connectivity index (χ3v) is 4.91. The molecule has 2 aromatic carbocycles. The predicted octanol–water partition coefficient (Wildman–Crippen LogP) is 5.53. The molecule has 0 N–H and O–H groups in total. The molecule has 0 radical (unpaired) electrons. The van der Waals surface area contributed by atoms with Gasteiger partial charge in [0.15, 0.2) is 0 Å². The Morgan fingerprint density at radius 1 is 0.960 bits per heavy atom. The molecule has 0 amide bonds. The summed E-state index contributed by atoms with van der Waals surface area (Å²) in [5.41, 5.74) is 1.25. The molecule has 0 fully saturated rings. The summed E-state index contributed by atoms with van der Waals surface area (Å²) in [6, 6.07) is 9.84. The van der Waals surface area contributed by atoms with E-state index in [1.54, 1.807) is 36.4 Å². The van der Waals surface area contributed by atoms with Crippen LogP contribution >= 0.6 is 46.4 Å². The van der Waals surface area contributed by atoms with E-state index in [1.807, 2.05) is 0 Å². The minimum absolute atomic E-state index is 0.118. The van der Waals surface area contributed by atoms with E-state index in [9.17, 15) is 8.42 Å². The van der Waals surface area contributed by atoms with Gasteiger partial charge in [-0.2, -0.15) is 8.42 Å². The largest absolute Gasteiger partial charge is 0.366 e. The van der Waals surface area contributed by atoms with Gasteiger partial charge in [0, 0.05) is 25.7 Å². The first-order valence-electron chi connectivity index (χ1n) is 7.00. The summed E-state index contributed by atoms with van der Waals surface area (Å²) < 4.78 is 33.3. The van der Waals surface area contributed by atoms with Crippen molar-refractivity contribution in [2.75, 3.05) is 12.9 Å². The number of ether oxygens (including phenoxy) is 1. The number of hydrogen-bond acceptors (Lipinski definition) is 4. The minimum Gasteiger partial charge on any atom is -0.366 e. The standard InChI is InChI=1S/C16H14Cl4O4S/c1-25(21,22)24-9-16(13-5-4-12(18)7-15(13)20)23-8-10-2-3-11(17)6-14(10)19/h2-7,16H,8-9H2,1H3. The third-order valence-electron chi connectivity index (χ3n) is 3.20. The van der Waals surface area contributed by atoms with Crippen molar-refractivity contribution in [2.45, 2.75) is 12.7 Å². The van der Waals surface area contributed by atoms with Crippen molar-refractivity contribution < 1.29 is 17.3 Å². The monoisotopic (exact) mass is 442 g/mol. The van der Waals surface area contributed by atoms with E-state index in [4.69, 9.17) is 55.3 Å². The fourth-order valence-corrected chi connectivity index (χ4v) is 3.37. The van der Waals surface area contributed by atoms with Crippen LogP contribution in [0.4, 0.5) is 0 Å². The minimum atomic E-state index is -3.64. The number of hydrogen-bond donors (Lipinski definition) is 0. The molecule has 9 heteroatoms. The number of rotatable bonds is 7. The summed E-state index contributed by atoms with van der Waals surface area (Å²) >= 11 is 24.1. The maximum absolute atomic E-state index is 11.3. The molecule has 0 aliphatic heterocycles. The molecule has 0 bridgehead atoms. The second kappa shape index (κ2) is 8.91. The van der Waals surface area contributed by atoms with E-state index < -0.39 is 16.2 Å². The summed E-state index contributed by atoms with van der Waals surface area (Å²) in [6.45, 7) is -0.113.